The molecule has 1 N–H and O–H groups in total. The summed E-state index contributed by atoms with van der Waals surface area (Å²) in [7, 11) is 3.27. The summed E-state index contributed by atoms with van der Waals surface area (Å²) >= 11 is 3.34. The summed E-state index contributed by atoms with van der Waals surface area (Å²) in [4.78, 5) is 13.8. The summed E-state index contributed by atoms with van der Waals surface area (Å²) in [6.07, 6.45) is -0.740. The van der Waals surface area contributed by atoms with Crippen LogP contribution in [-0.2, 0) is 0 Å². The molecule has 0 spiro atoms. The zero-order valence-corrected chi connectivity index (χ0v) is 14.1. The van der Waals surface area contributed by atoms with Gasteiger partial charge in [-0.1, -0.05) is 28.1 Å². The average Bonchev–Trinajstić information content (AvgIpc) is 2.54. The van der Waals surface area contributed by atoms with Gasteiger partial charge in [-0.25, -0.2) is 0 Å². The highest BCUT2D eigenvalue weighted by atomic mass is 79.9. The fraction of sp³-hybridized carbons (Fsp3) is 0.235. The van der Waals surface area contributed by atoms with Crippen molar-refractivity contribution in [1.29, 1.82) is 0 Å². The smallest absolute Gasteiger partial charge is 0.253 e. The van der Waals surface area contributed by atoms with Crippen LogP contribution in [0.2, 0.25) is 0 Å². The Morgan fingerprint density at radius 1 is 1.18 bits per heavy atom. The number of amides is 1. The largest absolute Gasteiger partial charge is 0.497 e. The van der Waals surface area contributed by atoms with Gasteiger partial charge < -0.3 is 14.7 Å². The van der Waals surface area contributed by atoms with Crippen molar-refractivity contribution in [3.8, 4) is 5.75 Å². The van der Waals surface area contributed by atoms with E-state index < -0.39 is 6.10 Å². The van der Waals surface area contributed by atoms with Crippen molar-refractivity contribution in [1.82, 2.24) is 4.90 Å². The number of carbonyl (C=O) groups excluding carboxylic acids is 1. The molecule has 1 atom stereocenters. The normalized spacial score (nSPS) is 11.8. The molecule has 2 aromatic rings. The minimum absolute atomic E-state index is 0.125. The molecule has 2 rings (SSSR count). The van der Waals surface area contributed by atoms with Gasteiger partial charge in [-0.3, -0.25) is 4.79 Å². The van der Waals surface area contributed by atoms with Crippen LogP contribution >= 0.6 is 15.9 Å². The van der Waals surface area contributed by atoms with Crippen molar-refractivity contribution < 1.29 is 14.6 Å². The summed E-state index contributed by atoms with van der Waals surface area (Å²) in [5.41, 5.74) is 1.34. The monoisotopic (exact) mass is 363 g/mol. The summed E-state index contributed by atoms with van der Waals surface area (Å²) in [6, 6.07) is 14.3. The first-order valence-electron chi connectivity index (χ1n) is 6.84. The standard InChI is InChI=1S/C17H18BrNO3/c1-19(17(21)13-3-7-14(18)8-4-13)11-16(20)12-5-9-15(22-2)10-6-12/h3-10,16,20H,11H2,1-2H3. The number of nitrogens with zero attached hydrogens (tertiary/aromatic N) is 1. The molecule has 5 heteroatoms. The molecule has 1 unspecified atom stereocenters. The zero-order chi connectivity index (χ0) is 16.1. The van der Waals surface area contributed by atoms with E-state index in [1.54, 1.807) is 50.6 Å². The van der Waals surface area contributed by atoms with Gasteiger partial charge in [-0.2, -0.15) is 0 Å². The highest BCUT2D eigenvalue weighted by Gasteiger charge is 2.16. The molecule has 0 aromatic heterocycles. The number of likely N-dealkylation sites (N-methyl/N-ethyl adjacent to an activating group) is 1. The molecule has 4 nitrogen and oxygen atoms in total. The Morgan fingerprint density at radius 3 is 2.32 bits per heavy atom. The Morgan fingerprint density at radius 2 is 1.77 bits per heavy atom. The fourth-order valence-electron chi connectivity index (χ4n) is 2.09. The highest BCUT2D eigenvalue weighted by Crippen LogP contribution is 2.19. The molecule has 0 fully saturated rings. The van der Waals surface area contributed by atoms with Gasteiger partial charge in [0, 0.05) is 17.1 Å². The number of hydrogen-bond donors (Lipinski definition) is 1. The Hall–Kier alpha value is -1.85. The van der Waals surface area contributed by atoms with Crippen LogP contribution in [0.4, 0.5) is 0 Å². The summed E-state index contributed by atoms with van der Waals surface area (Å²) < 4.78 is 6.01. The molecule has 0 saturated carbocycles. The lowest BCUT2D eigenvalue weighted by atomic mass is 10.1. The molecule has 0 heterocycles. The van der Waals surface area contributed by atoms with Crippen LogP contribution in [0, 0.1) is 0 Å². The number of ether oxygens (including phenoxy) is 1. The molecule has 116 valence electrons. The zero-order valence-electron chi connectivity index (χ0n) is 12.5. The van der Waals surface area contributed by atoms with E-state index in [0.717, 1.165) is 15.8 Å². The average molecular weight is 364 g/mol. The van der Waals surface area contributed by atoms with E-state index in [4.69, 9.17) is 4.74 Å². The van der Waals surface area contributed by atoms with Crippen LogP contribution in [0.25, 0.3) is 0 Å². The van der Waals surface area contributed by atoms with E-state index in [1.165, 1.54) is 4.90 Å². The maximum atomic E-state index is 12.3. The highest BCUT2D eigenvalue weighted by molar-refractivity contribution is 9.10. The molecule has 0 bridgehead atoms. The molecule has 0 aliphatic carbocycles. The minimum atomic E-state index is -0.740. The van der Waals surface area contributed by atoms with E-state index in [9.17, 15) is 9.90 Å². The second-order valence-electron chi connectivity index (χ2n) is 4.98. The Bertz CT molecular complexity index is 625. The lowest BCUT2D eigenvalue weighted by Crippen LogP contribution is -2.31. The maximum Gasteiger partial charge on any atom is 0.253 e. The van der Waals surface area contributed by atoms with Gasteiger partial charge in [-0.05, 0) is 42.0 Å². The van der Waals surface area contributed by atoms with Crippen molar-refractivity contribution in [2.24, 2.45) is 0 Å². The Balaban J connectivity index is 2.01. The van der Waals surface area contributed by atoms with E-state index in [-0.39, 0.29) is 12.5 Å². The number of methoxy groups -OCH3 is 1. The summed E-state index contributed by atoms with van der Waals surface area (Å²) in [5.74, 6) is 0.607. The van der Waals surface area contributed by atoms with E-state index >= 15 is 0 Å². The first kappa shape index (κ1) is 16.5. The number of carbonyl (C=O) groups is 1. The maximum absolute atomic E-state index is 12.3. The van der Waals surface area contributed by atoms with Crippen LogP contribution in [0.5, 0.6) is 5.75 Å². The van der Waals surface area contributed by atoms with Crippen LogP contribution in [0.15, 0.2) is 53.0 Å². The molecule has 0 saturated heterocycles. The predicted molar refractivity (Wildman–Crippen MR) is 89.1 cm³/mol. The first-order chi connectivity index (χ1) is 10.5. The number of rotatable bonds is 5. The topological polar surface area (TPSA) is 49.8 Å². The van der Waals surface area contributed by atoms with Crippen molar-refractivity contribution in [3.63, 3.8) is 0 Å². The van der Waals surface area contributed by atoms with Gasteiger partial charge >= 0.3 is 0 Å². The number of hydrogen-bond acceptors (Lipinski definition) is 3. The van der Waals surface area contributed by atoms with Gasteiger partial charge in [0.15, 0.2) is 0 Å². The van der Waals surface area contributed by atoms with E-state index in [0.29, 0.717) is 5.56 Å². The van der Waals surface area contributed by atoms with E-state index in [2.05, 4.69) is 15.9 Å². The molecule has 2 aromatic carbocycles. The molecule has 22 heavy (non-hydrogen) atoms. The second-order valence-corrected chi connectivity index (χ2v) is 5.90. The second kappa shape index (κ2) is 7.42. The van der Waals surface area contributed by atoms with Gasteiger partial charge in [0.2, 0.25) is 0 Å². The lowest BCUT2D eigenvalue weighted by molar-refractivity contribution is 0.0681. The summed E-state index contributed by atoms with van der Waals surface area (Å²) in [5, 5.41) is 10.3. The quantitative estimate of drug-likeness (QED) is 0.886. The van der Waals surface area contributed by atoms with Crippen LogP contribution in [0.1, 0.15) is 22.0 Å². The number of aliphatic hydroxyl groups is 1. The minimum Gasteiger partial charge on any atom is -0.497 e. The van der Waals surface area contributed by atoms with Gasteiger partial charge in [0.05, 0.1) is 19.8 Å². The molecule has 1 amide bonds. The van der Waals surface area contributed by atoms with Gasteiger partial charge in [-0.15, -0.1) is 0 Å². The third kappa shape index (κ3) is 4.08. The summed E-state index contributed by atoms with van der Waals surface area (Å²) in [6.45, 7) is 0.223. The van der Waals surface area contributed by atoms with Crippen molar-refractivity contribution in [3.05, 3.63) is 64.1 Å². The molecule has 0 aliphatic heterocycles. The van der Waals surface area contributed by atoms with Crippen LogP contribution in [-0.4, -0.2) is 36.6 Å². The number of aliphatic hydroxyl groups excluding tert-OH is 1. The van der Waals surface area contributed by atoms with Gasteiger partial charge in [0.1, 0.15) is 5.75 Å². The molecule has 0 aliphatic rings. The van der Waals surface area contributed by atoms with Crippen molar-refractivity contribution >= 4 is 21.8 Å². The number of benzene rings is 2. The van der Waals surface area contributed by atoms with Crippen molar-refractivity contribution in [2.45, 2.75) is 6.10 Å². The molecular formula is C17H18BrNO3. The molecular weight excluding hydrogens is 346 g/mol. The third-order valence-corrected chi connectivity index (χ3v) is 3.91. The van der Waals surface area contributed by atoms with E-state index in [1.807, 2.05) is 12.1 Å². The van der Waals surface area contributed by atoms with Gasteiger partial charge in [0.25, 0.3) is 5.91 Å². The SMILES string of the molecule is COc1ccc(C(O)CN(C)C(=O)c2ccc(Br)cc2)cc1. The van der Waals surface area contributed by atoms with Crippen LogP contribution < -0.4 is 4.74 Å². The fourth-order valence-corrected chi connectivity index (χ4v) is 2.35. The predicted octanol–water partition coefficient (Wildman–Crippen LogP) is 3.26. The Labute approximate surface area is 138 Å². The third-order valence-electron chi connectivity index (χ3n) is 3.39. The first-order valence-corrected chi connectivity index (χ1v) is 7.63. The van der Waals surface area contributed by atoms with Crippen molar-refractivity contribution in [2.75, 3.05) is 20.7 Å². The molecule has 0 radical (unpaired) electrons. The van der Waals surface area contributed by atoms with Crippen LogP contribution in [0.3, 0.4) is 0 Å². The number of halogens is 1. The lowest BCUT2D eigenvalue weighted by Gasteiger charge is -2.21. The Kier molecular flexibility index (Phi) is 5.57.